The van der Waals surface area contributed by atoms with Gasteiger partial charge in [-0.15, -0.1) is 11.3 Å². The maximum Gasteiger partial charge on any atom is 0.0701 e. The molecular formula is C15H17BrClNS. The van der Waals surface area contributed by atoms with Crippen molar-refractivity contribution in [2.75, 3.05) is 0 Å². The summed E-state index contributed by atoms with van der Waals surface area (Å²) in [4.78, 5) is 1.34. The molecule has 0 aliphatic carbocycles. The number of benzene rings is 1. The average Bonchev–Trinajstić information content (AvgIpc) is 2.77. The lowest BCUT2D eigenvalue weighted by Crippen LogP contribution is -2.24. The number of hydrogen-bond acceptors (Lipinski definition) is 2. The minimum absolute atomic E-state index is 0.346. The highest BCUT2D eigenvalue weighted by atomic mass is 79.9. The van der Waals surface area contributed by atoms with Crippen molar-refractivity contribution in [3.8, 4) is 0 Å². The van der Waals surface area contributed by atoms with E-state index in [0.29, 0.717) is 12.0 Å². The summed E-state index contributed by atoms with van der Waals surface area (Å²) in [6.45, 7) is 5.36. The standard InChI is InChI=1S/C15H17BrClNS/c1-10(2)15(11-3-5-12(17)6-4-11)18-9-13-7-8-14(16)19-13/h3-8,10,15,18H,9H2,1-2H3. The van der Waals surface area contributed by atoms with Crippen LogP contribution < -0.4 is 5.32 Å². The van der Waals surface area contributed by atoms with E-state index in [1.54, 1.807) is 11.3 Å². The van der Waals surface area contributed by atoms with Gasteiger partial charge in [0.2, 0.25) is 0 Å². The Morgan fingerprint density at radius 3 is 2.37 bits per heavy atom. The van der Waals surface area contributed by atoms with Gasteiger partial charge < -0.3 is 5.32 Å². The molecule has 0 bridgehead atoms. The first-order valence-electron chi connectivity index (χ1n) is 6.29. The third-order valence-electron chi connectivity index (χ3n) is 3.02. The summed E-state index contributed by atoms with van der Waals surface area (Å²) in [5, 5.41) is 4.42. The molecule has 2 rings (SSSR count). The molecule has 0 spiro atoms. The van der Waals surface area contributed by atoms with Gasteiger partial charge in [0.05, 0.1) is 3.79 Å². The van der Waals surface area contributed by atoms with E-state index >= 15 is 0 Å². The largest absolute Gasteiger partial charge is 0.305 e. The molecule has 0 radical (unpaired) electrons. The number of hydrogen-bond donors (Lipinski definition) is 1. The first-order valence-corrected chi connectivity index (χ1v) is 8.28. The van der Waals surface area contributed by atoms with E-state index in [2.05, 4.69) is 59.4 Å². The van der Waals surface area contributed by atoms with Crippen LogP contribution in [0.3, 0.4) is 0 Å². The predicted octanol–water partition coefficient (Wildman–Crippen LogP) is 5.65. The Kier molecular flexibility index (Phi) is 5.46. The van der Waals surface area contributed by atoms with Crippen molar-refractivity contribution in [1.29, 1.82) is 0 Å². The molecule has 1 atom stereocenters. The van der Waals surface area contributed by atoms with Crippen molar-refractivity contribution in [3.63, 3.8) is 0 Å². The zero-order valence-electron chi connectivity index (χ0n) is 11.0. The molecule has 1 aromatic carbocycles. The van der Waals surface area contributed by atoms with E-state index < -0.39 is 0 Å². The van der Waals surface area contributed by atoms with Crippen LogP contribution >= 0.6 is 38.9 Å². The summed E-state index contributed by atoms with van der Waals surface area (Å²) in [5.74, 6) is 0.532. The number of halogens is 2. The Hall–Kier alpha value is -0.350. The SMILES string of the molecule is CC(C)C(NCc1ccc(Br)s1)c1ccc(Cl)cc1. The van der Waals surface area contributed by atoms with Crippen LogP contribution in [0.5, 0.6) is 0 Å². The highest BCUT2D eigenvalue weighted by Crippen LogP contribution is 2.26. The van der Waals surface area contributed by atoms with Gasteiger partial charge in [-0.1, -0.05) is 37.6 Å². The van der Waals surface area contributed by atoms with Crippen molar-refractivity contribution in [2.45, 2.75) is 26.4 Å². The topological polar surface area (TPSA) is 12.0 Å². The molecule has 4 heteroatoms. The van der Waals surface area contributed by atoms with Crippen LogP contribution in [0.25, 0.3) is 0 Å². The van der Waals surface area contributed by atoms with Crippen LogP contribution in [0.4, 0.5) is 0 Å². The van der Waals surface area contributed by atoms with E-state index in [-0.39, 0.29) is 0 Å². The minimum Gasteiger partial charge on any atom is -0.305 e. The lowest BCUT2D eigenvalue weighted by Gasteiger charge is -2.22. The molecular weight excluding hydrogens is 342 g/mol. The highest BCUT2D eigenvalue weighted by molar-refractivity contribution is 9.11. The summed E-state index contributed by atoms with van der Waals surface area (Å²) in [6, 6.07) is 12.7. The second-order valence-electron chi connectivity index (χ2n) is 4.86. The molecule has 19 heavy (non-hydrogen) atoms. The van der Waals surface area contributed by atoms with Gasteiger partial charge in [0.15, 0.2) is 0 Å². The molecule has 1 nitrogen and oxygen atoms in total. The van der Waals surface area contributed by atoms with Crippen molar-refractivity contribution < 1.29 is 0 Å². The van der Waals surface area contributed by atoms with Gasteiger partial charge in [-0.3, -0.25) is 0 Å². The fourth-order valence-corrected chi connectivity index (χ4v) is 3.63. The van der Waals surface area contributed by atoms with Gasteiger partial charge >= 0.3 is 0 Å². The van der Waals surface area contributed by atoms with Crippen molar-refractivity contribution in [3.05, 3.63) is 55.6 Å². The molecule has 0 amide bonds. The lowest BCUT2D eigenvalue weighted by molar-refractivity contribution is 0.412. The molecule has 1 unspecified atom stereocenters. The van der Waals surface area contributed by atoms with Crippen LogP contribution in [-0.2, 0) is 6.54 Å². The number of rotatable bonds is 5. The van der Waals surface area contributed by atoms with Gasteiger partial charge in [0.25, 0.3) is 0 Å². The Morgan fingerprint density at radius 1 is 1.16 bits per heavy atom. The summed E-state index contributed by atoms with van der Waals surface area (Å²) < 4.78 is 1.18. The third kappa shape index (κ3) is 4.32. The van der Waals surface area contributed by atoms with Gasteiger partial charge in [-0.2, -0.15) is 0 Å². The van der Waals surface area contributed by atoms with Crippen LogP contribution in [0.1, 0.15) is 30.3 Å². The molecule has 0 aliphatic heterocycles. The van der Waals surface area contributed by atoms with E-state index in [4.69, 9.17) is 11.6 Å². The zero-order valence-corrected chi connectivity index (χ0v) is 14.1. The predicted molar refractivity (Wildman–Crippen MR) is 87.9 cm³/mol. The molecule has 1 N–H and O–H groups in total. The smallest absolute Gasteiger partial charge is 0.0701 e. The van der Waals surface area contributed by atoms with Gasteiger partial charge in [0.1, 0.15) is 0 Å². The summed E-state index contributed by atoms with van der Waals surface area (Å²) in [6.07, 6.45) is 0. The molecule has 0 saturated heterocycles. The summed E-state index contributed by atoms with van der Waals surface area (Å²) in [5.41, 5.74) is 1.29. The van der Waals surface area contributed by atoms with Crippen LogP contribution in [0.15, 0.2) is 40.2 Å². The van der Waals surface area contributed by atoms with Crippen LogP contribution in [0, 0.1) is 5.92 Å². The molecule has 1 heterocycles. The van der Waals surface area contributed by atoms with Crippen molar-refractivity contribution >= 4 is 38.9 Å². The van der Waals surface area contributed by atoms with E-state index in [1.165, 1.54) is 14.2 Å². The highest BCUT2D eigenvalue weighted by Gasteiger charge is 2.15. The summed E-state index contributed by atoms with van der Waals surface area (Å²) in [7, 11) is 0. The molecule has 0 saturated carbocycles. The fourth-order valence-electron chi connectivity index (χ4n) is 2.07. The number of thiophene rings is 1. The normalized spacial score (nSPS) is 12.9. The van der Waals surface area contributed by atoms with Gasteiger partial charge in [-0.05, 0) is 51.7 Å². The average molecular weight is 359 g/mol. The van der Waals surface area contributed by atoms with Gasteiger partial charge in [-0.25, -0.2) is 0 Å². The Labute approximate surface area is 132 Å². The third-order valence-corrected chi connectivity index (χ3v) is 4.90. The minimum atomic E-state index is 0.346. The monoisotopic (exact) mass is 357 g/mol. The van der Waals surface area contributed by atoms with E-state index in [0.717, 1.165) is 11.6 Å². The summed E-state index contributed by atoms with van der Waals surface area (Å²) >= 11 is 11.2. The maximum absolute atomic E-state index is 5.95. The Bertz CT molecular complexity index is 521. The second kappa shape index (κ2) is 6.89. The molecule has 0 fully saturated rings. The van der Waals surface area contributed by atoms with Crippen LogP contribution in [0.2, 0.25) is 5.02 Å². The Balaban J connectivity index is 2.06. The maximum atomic E-state index is 5.95. The first-order chi connectivity index (χ1) is 9.06. The molecule has 0 aliphatic rings. The molecule has 2 aromatic rings. The first kappa shape index (κ1) is 15.0. The van der Waals surface area contributed by atoms with Crippen LogP contribution in [-0.4, -0.2) is 0 Å². The molecule has 1 aromatic heterocycles. The fraction of sp³-hybridized carbons (Fsp3) is 0.333. The second-order valence-corrected chi connectivity index (χ2v) is 7.84. The van der Waals surface area contributed by atoms with Crippen molar-refractivity contribution in [2.24, 2.45) is 5.92 Å². The zero-order chi connectivity index (χ0) is 13.8. The van der Waals surface area contributed by atoms with E-state index in [9.17, 15) is 0 Å². The quantitative estimate of drug-likeness (QED) is 0.728. The van der Waals surface area contributed by atoms with Crippen molar-refractivity contribution in [1.82, 2.24) is 5.32 Å². The van der Waals surface area contributed by atoms with Gasteiger partial charge in [0, 0.05) is 22.5 Å². The Morgan fingerprint density at radius 2 is 1.84 bits per heavy atom. The molecule has 102 valence electrons. The van der Waals surface area contributed by atoms with E-state index in [1.807, 2.05) is 12.1 Å². The lowest BCUT2D eigenvalue weighted by atomic mass is 9.96. The number of nitrogens with one attached hydrogen (secondary N) is 1.